The number of rotatable bonds is 2. The molecule has 0 spiro atoms. The van der Waals surface area contributed by atoms with E-state index in [-0.39, 0.29) is 17.9 Å². The van der Waals surface area contributed by atoms with Gasteiger partial charge in [-0.1, -0.05) is 6.92 Å². The van der Waals surface area contributed by atoms with Crippen LogP contribution in [-0.4, -0.2) is 71.3 Å². The van der Waals surface area contributed by atoms with Crippen LogP contribution in [0.15, 0.2) is 0 Å². The molecule has 3 heterocycles. The van der Waals surface area contributed by atoms with Gasteiger partial charge in [-0.3, -0.25) is 9.59 Å². The number of carbonyl (C=O) groups is 2. The maximum atomic E-state index is 12.9. The van der Waals surface area contributed by atoms with E-state index in [1.54, 1.807) is 0 Å². The van der Waals surface area contributed by atoms with Crippen LogP contribution in [-0.2, 0) is 9.59 Å². The number of fused-ring (bicyclic) bond motifs is 1. The first-order chi connectivity index (χ1) is 10.2. The van der Waals surface area contributed by atoms with Crippen molar-refractivity contribution in [3.63, 3.8) is 0 Å². The molecule has 3 fully saturated rings. The number of carbonyl (C=O) groups excluding carboxylic acids is 2. The number of nitrogens with zero attached hydrogens (tertiary/aromatic N) is 3. The molecule has 0 bridgehead atoms. The molecule has 3 rings (SSSR count). The summed E-state index contributed by atoms with van der Waals surface area (Å²) in [5, 5.41) is 0. The van der Waals surface area contributed by atoms with E-state index in [0.29, 0.717) is 19.0 Å². The summed E-state index contributed by atoms with van der Waals surface area (Å²) >= 11 is 0. The number of amides is 2. The summed E-state index contributed by atoms with van der Waals surface area (Å²) in [6.45, 7) is 6.74. The fourth-order valence-corrected chi connectivity index (χ4v) is 4.08. The molecule has 0 N–H and O–H groups in total. The van der Waals surface area contributed by atoms with E-state index in [0.717, 1.165) is 58.3 Å². The molecular formula is C16H27N3O2. The third kappa shape index (κ3) is 2.93. The van der Waals surface area contributed by atoms with Crippen LogP contribution < -0.4 is 0 Å². The molecule has 0 aromatic carbocycles. The van der Waals surface area contributed by atoms with Crippen molar-refractivity contribution in [2.75, 3.05) is 32.7 Å². The Balaban J connectivity index is 1.75. The van der Waals surface area contributed by atoms with Crippen molar-refractivity contribution < 1.29 is 9.59 Å². The molecule has 21 heavy (non-hydrogen) atoms. The quantitative estimate of drug-likeness (QED) is 0.765. The van der Waals surface area contributed by atoms with Crippen molar-refractivity contribution in [2.24, 2.45) is 0 Å². The Hall–Kier alpha value is -1.10. The summed E-state index contributed by atoms with van der Waals surface area (Å²) in [6.07, 6.45) is 5.71. The molecule has 3 saturated heterocycles. The van der Waals surface area contributed by atoms with Crippen molar-refractivity contribution in [1.82, 2.24) is 14.7 Å². The smallest absolute Gasteiger partial charge is 0.245 e. The average Bonchev–Trinajstić information content (AvgIpc) is 2.66. The second kappa shape index (κ2) is 6.34. The van der Waals surface area contributed by atoms with E-state index < -0.39 is 0 Å². The van der Waals surface area contributed by atoms with Gasteiger partial charge in [0.1, 0.15) is 6.04 Å². The monoisotopic (exact) mass is 293 g/mol. The number of likely N-dealkylation sites (N-methyl/N-ethyl adjacent to an activating group) is 1. The van der Waals surface area contributed by atoms with E-state index in [1.165, 1.54) is 0 Å². The van der Waals surface area contributed by atoms with Gasteiger partial charge in [0.2, 0.25) is 11.8 Å². The van der Waals surface area contributed by atoms with E-state index in [2.05, 4.69) is 11.8 Å². The Morgan fingerprint density at radius 3 is 2.67 bits per heavy atom. The molecule has 0 aromatic heterocycles. The van der Waals surface area contributed by atoms with Crippen LogP contribution in [0.1, 0.15) is 45.4 Å². The van der Waals surface area contributed by atoms with Crippen LogP contribution in [0.3, 0.4) is 0 Å². The molecule has 0 radical (unpaired) electrons. The fraction of sp³-hybridized carbons (Fsp3) is 0.875. The standard InChI is InChI=1S/C16H27N3O2/c1-2-17-9-5-6-13(12-17)18-11-8-15(20)19-10-4-3-7-14(19)16(18)21/h13-14H,2-12H2,1H3. The van der Waals surface area contributed by atoms with Crippen LogP contribution in [0, 0.1) is 0 Å². The third-order valence-electron chi connectivity index (χ3n) is 5.33. The average molecular weight is 293 g/mol. The lowest BCUT2D eigenvalue weighted by Gasteiger charge is -2.40. The third-order valence-corrected chi connectivity index (χ3v) is 5.33. The summed E-state index contributed by atoms with van der Waals surface area (Å²) < 4.78 is 0. The molecule has 118 valence electrons. The lowest BCUT2D eigenvalue weighted by Crippen LogP contribution is -2.55. The van der Waals surface area contributed by atoms with E-state index in [9.17, 15) is 9.59 Å². The highest BCUT2D eigenvalue weighted by Gasteiger charge is 2.40. The first kappa shape index (κ1) is 14.8. The normalized spacial score (nSPS) is 32.0. The second-order valence-electron chi connectivity index (χ2n) is 6.57. The molecular weight excluding hydrogens is 266 g/mol. The Morgan fingerprint density at radius 1 is 1.00 bits per heavy atom. The van der Waals surface area contributed by atoms with E-state index in [1.807, 2.05) is 9.80 Å². The molecule has 3 aliphatic rings. The zero-order valence-electron chi connectivity index (χ0n) is 13.1. The van der Waals surface area contributed by atoms with E-state index in [4.69, 9.17) is 0 Å². The van der Waals surface area contributed by atoms with Crippen molar-refractivity contribution in [3.8, 4) is 0 Å². The maximum absolute atomic E-state index is 12.9. The van der Waals surface area contributed by atoms with Crippen LogP contribution in [0.4, 0.5) is 0 Å². The van der Waals surface area contributed by atoms with Crippen molar-refractivity contribution >= 4 is 11.8 Å². The van der Waals surface area contributed by atoms with Crippen LogP contribution in [0.25, 0.3) is 0 Å². The highest BCUT2D eigenvalue weighted by molar-refractivity contribution is 5.90. The van der Waals surface area contributed by atoms with Crippen LogP contribution in [0.5, 0.6) is 0 Å². The molecule has 2 amide bonds. The molecule has 3 aliphatic heterocycles. The number of hydrogen-bond donors (Lipinski definition) is 0. The minimum Gasteiger partial charge on any atom is -0.336 e. The Bertz CT molecular complexity index is 412. The topological polar surface area (TPSA) is 43.9 Å². The van der Waals surface area contributed by atoms with Crippen LogP contribution in [0.2, 0.25) is 0 Å². The van der Waals surface area contributed by atoms with E-state index >= 15 is 0 Å². The Morgan fingerprint density at radius 2 is 1.86 bits per heavy atom. The van der Waals surface area contributed by atoms with Crippen molar-refractivity contribution in [3.05, 3.63) is 0 Å². The van der Waals surface area contributed by atoms with Gasteiger partial charge in [0.15, 0.2) is 0 Å². The van der Waals surface area contributed by atoms with Gasteiger partial charge in [0.25, 0.3) is 0 Å². The van der Waals surface area contributed by atoms with Gasteiger partial charge in [0, 0.05) is 32.1 Å². The summed E-state index contributed by atoms with van der Waals surface area (Å²) in [7, 11) is 0. The predicted molar refractivity (Wildman–Crippen MR) is 80.8 cm³/mol. The van der Waals surface area contributed by atoms with Gasteiger partial charge < -0.3 is 14.7 Å². The molecule has 0 saturated carbocycles. The first-order valence-electron chi connectivity index (χ1n) is 8.53. The lowest BCUT2D eigenvalue weighted by molar-refractivity contribution is -0.144. The minimum absolute atomic E-state index is 0.175. The lowest BCUT2D eigenvalue weighted by atomic mass is 9.99. The first-order valence-corrected chi connectivity index (χ1v) is 8.53. The minimum atomic E-state index is -0.175. The summed E-state index contributed by atoms with van der Waals surface area (Å²) in [5.74, 6) is 0.391. The molecule has 0 aliphatic carbocycles. The summed E-state index contributed by atoms with van der Waals surface area (Å²) in [4.78, 5) is 31.5. The zero-order chi connectivity index (χ0) is 14.8. The number of piperidine rings is 2. The Kier molecular flexibility index (Phi) is 4.48. The zero-order valence-corrected chi connectivity index (χ0v) is 13.1. The van der Waals surface area contributed by atoms with Gasteiger partial charge in [-0.25, -0.2) is 0 Å². The molecule has 2 atom stereocenters. The predicted octanol–water partition coefficient (Wildman–Crippen LogP) is 1.08. The van der Waals surface area contributed by atoms with Gasteiger partial charge in [0.05, 0.1) is 0 Å². The van der Waals surface area contributed by atoms with Gasteiger partial charge in [-0.05, 0) is 45.2 Å². The highest BCUT2D eigenvalue weighted by atomic mass is 16.2. The molecule has 0 aromatic rings. The van der Waals surface area contributed by atoms with Crippen molar-refractivity contribution in [2.45, 2.75) is 57.5 Å². The number of likely N-dealkylation sites (tertiary alicyclic amines) is 1. The Labute approximate surface area is 127 Å². The SMILES string of the molecule is CCN1CCCC(N2CCC(=O)N3CCCCC3C2=O)C1. The highest BCUT2D eigenvalue weighted by Crippen LogP contribution is 2.26. The fourth-order valence-electron chi connectivity index (χ4n) is 4.08. The van der Waals surface area contributed by atoms with Crippen LogP contribution >= 0.6 is 0 Å². The number of hydrogen-bond acceptors (Lipinski definition) is 3. The van der Waals surface area contributed by atoms with Gasteiger partial charge in [-0.15, -0.1) is 0 Å². The second-order valence-corrected chi connectivity index (χ2v) is 6.57. The van der Waals surface area contributed by atoms with Crippen molar-refractivity contribution in [1.29, 1.82) is 0 Å². The van der Waals surface area contributed by atoms with Gasteiger partial charge in [-0.2, -0.15) is 0 Å². The van der Waals surface area contributed by atoms with Gasteiger partial charge >= 0.3 is 0 Å². The summed E-state index contributed by atoms with van der Waals surface area (Å²) in [6, 6.07) is 0.131. The molecule has 2 unspecified atom stereocenters. The summed E-state index contributed by atoms with van der Waals surface area (Å²) in [5.41, 5.74) is 0. The maximum Gasteiger partial charge on any atom is 0.245 e. The molecule has 5 nitrogen and oxygen atoms in total. The molecule has 5 heteroatoms. The largest absolute Gasteiger partial charge is 0.336 e.